The Kier molecular flexibility index (Phi) is 3.31. The van der Waals surface area contributed by atoms with Gasteiger partial charge in [0, 0.05) is 9.86 Å². The standard InChI is InChI=1S/C15H10BrNO2S/c1-8-12(15(18)19)13-9(16)4-2-5-10(13)17-14(8)11-6-3-7-20-11/h2-7H,1H3,(H,18,19). The highest BCUT2D eigenvalue weighted by atomic mass is 79.9. The first-order valence-corrected chi connectivity index (χ1v) is 7.63. The number of thiophene rings is 1. The molecular formula is C15H10BrNO2S. The number of nitrogens with zero attached hydrogens (tertiary/aromatic N) is 1. The highest BCUT2D eigenvalue weighted by Crippen LogP contribution is 2.34. The van der Waals surface area contributed by atoms with E-state index in [9.17, 15) is 9.90 Å². The van der Waals surface area contributed by atoms with Crippen LogP contribution in [-0.2, 0) is 0 Å². The molecule has 0 fully saturated rings. The van der Waals surface area contributed by atoms with Gasteiger partial charge in [0.15, 0.2) is 0 Å². The van der Waals surface area contributed by atoms with E-state index >= 15 is 0 Å². The van der Waals surface area contributed by atoms with Gasteiger partial charge in [0.2, 0.25) is 0 Å². The Bertz CT molecular complexity index is 812. The molecule has 1 aromatic carbocycles. The zero-order valence-corrected chi connectivity index (χ0v) is 13.0. The van der Waals surface area contributed by atoms with Gasteiger partial charge in [-0.2, -0.15) is 0 Å². The zero-order valence-electron chi connectivity index (χ0n) is 10.6. The fourth-order valence-electron chi connectivity index (χ4n) is 2.28. The van der Waals surface area contributed by atoms with Crippen molar-refractivity contribution < 1.29 is 9.90 Å². The summed E-state index contributed by atoms with van der Waals surface area (Å²) in [6.07, 6.45) is 0. The molecule has 0 radical (unpaired) electrons. The number of fused-ring (bicyclic) bond motifs is 1. The quantitative estimate of drug-likeness (QED) is 0.728. The van der Waals surface area contributed by atoms with E-state index in [-0.39, 0.29) is 0 Å². The Hall–Kier alpha value is -1.72. The predicted molar refractivity (Wildman–Crippen MR) is 84.5 cm³/mol. The number of carbonyl (C=O) groups is 1. The zero-order chi connectivity index (χ0) is 14.3. The van der Waals surface area contributed by atoms with Gasteiger partial charge in [0.1, 0.15) is 0 Å². The van der Waals surface area contributed by atoms with E-state index in [1.54, 1.807) is 11.3 Å². The lowest BCUT2D eigenvalue weighted by Crippen LogP contribution is -2.05. The van der Waals surface area contributed by atoms with Crippen LogP contribution in [0.15, 0.2) is 40.2 Å². The molecule has 1 N–H and O–H groups in total. The second-order valence-electron chi connectivity index (χ2n) is 4.38. The largest absolute Gasteiger partial charge is 0.478 e. The molecule has 0 unspecified atom stereocenters. The molecule has 0 spiro atoms. The Balaban J connectivity index is 2.47. The maximum atomic E-state index is 11.7. The molecule has 3 nitrogen and oxygen atoms in total. The van der Waals surface area contributed by atoms with Crippen molar-refractivity contribution in [1.29, 1.82) is 0 Å². The SMILES string of the molecule is Cc1c(-c2cccs2)nc2cccc(Br)c2c1C(=O)O. The summed E-state index contributed by atoms with van der Waals surface area (Å²) in [5, 5.41) is 12.2. The minimum atomic E-state index is -0.931. The fourth-order valence-corrected chi connectivity index (χ4v) is 3.61. The van der Waals surface area contributed by atoms with Crippen LogP contribution in [0, 0.1) is 6.92 Å². The summed E-state index contributed by atoms with van der Waals surface area (Å²) in [6.45, 7) is 1.81. The number of aromatic carboxylic acids is 1. The molecule has 2 heterocycles. The van der Waals surface area contributed by atoms with Crippen LogP contribution in [0.1, 0.15) is 15.9 Å². The maximum Gasteiger partial charge on any atom is 0.336 e. The average molecular weight is 348 g/mol. The van der Waals surface area contributed by atoms with Crippen molar-refractivity contribution in [3.8, 4) is 10.6 Å². The Labute approximate surface area is 128 Å². The molecule has 0 saturated heterocycles. The number of carboxylic acids is 1. The summed E-state index contributed by atoms with van der Waals surface area (Å²) in [7, 11) is 0. The third kappa shape index (κ3) is 2.03. The molecule has 0 aliphatic rings. The first-order valence-electron chi connectivity index (χ1n) is 5.95. The molecule has 20 heavy (non-hydrogen) atoms. The molecular weight excluding hydrogens is 338 g/mol. The molecule has 5 heteroatoms. The molecule has 0 aliphatic carbocycles. The monoisotopic (exact) mass is 347 g/mol. The smallest absolute Gasteiger partial charge is 0.336 e. The number of pyridine rings is 1. The first-order chi connectivity index (χ1) is 9.59. The number of aromatic nitrogens is 1. The second-order valence-corrected chi connectivity index (χ2v) is 6.18. The van der Waals surface area contributed by atoms with Gasteiger partial charge in [-0.15, -0.1) is 11.3 Å². The highest BCUT2D eigenvalue weighted by molar-refractivity contribution is 9.10. The van der Waals surface area contributed by atoms with Crippen molar-refractivity contribution >= 4 is 44.1 Å². The van der Waals surface area contributed by atoms with Gasteiger partial charge in [-0.3, -0.25) is 0 Å². The number of hydrogen-bond acceptors (Lipinski definition) is 3. The van der Waals surface area contributed by atoms with Gasteiger partial charge in [-0.05, 0) is 36.1 Å². The summed E-state index contributed by atoms with van der Waals surface area (Å²) in [5.74, 6) is -0.931. The average Bonchev–Trinajstić information content (AvgIpc) is 2.92. The van der Waals surface area contributed by atoms with Gasteiger partial charge in [0.05, 0.1) is 21.7 Å². The van der Waals surface area contributed by atoms with E-state index in [2.05, 4.69) is 20.9 Å². The van der Waals surface area contributed by atoms with Crippen molar-refractivity contribution in [2.24, 2.45) is 0 Å². The van der Waals surface area contributed by atoms with Crippen LogP contribution in [0.25, 0.3) is 21.5 Å². The number of rotatable bonds is 2. The van der Waals surface area contributed by atoms with Gasteiger partial charge >= 0.3 is 5.97 Å². The minimum absolute atomic E-state index is 0.311. The van der Waals surface area contributed by atoms with E-state index in [0.29, 0.717) is 22.0 Å². The van der Waals surface area contributed by atoms with Gasteiger partial charge in [-0.1, -0.05) is 28.1 Å². The molecule has 2 aromatic heterocycles. The molecule has 3 rings (SSSR count). The Morgan fingerprint density at radius 3 is 2.75 bits per heavy atom. The lowest BCUT2D eigenvalue weighted by Gasteiger charge is -2.11. The summed E-state index contributed by atoms with van der Waals surface area (Å²) in [4.78, 5) is 17.3. The van der Waals surface area contributed by atoms with Crippen molar-refractivity contribution in [1.82, 2.24) is 4.98 Å². The van der Waals surface area contributed by atoms with Gasteiger partial charge in [0.25, 0.3) is 0 Å². The molecule has 0 atom stereocenters. The maximum absolute atomic E-state index is 11.7. The number of halogens is 1. The van der Waals surface area contributed by atoms with Crippen molar-refractivity contribution in [3.63, 3.8) is 0 Å². The number of benzene rings is 1. The molecule has 3 aromatic rings. The fraction of sp³-hybridized carbons (Fsp3) is 0.0667. The minimum Gasteiger partial charge on any atom is -0.478 e. The Morgan fingerprint density at radius 2 is 2.10 bits per heavy atom. The summed E-state index contributed by atoms with van der Waals surface area (Å²) >= 11 is 4.98. The van der Waals surface area contributed by atoms with Crippen molar-refractivity contribution in [2.75, 3.05) is 0 Å². The van der Waals surface area contributed by atoms with Crippen LogP contribution < -0.4 is 0 Å². The van der Waals surface area contributed by atoms with E-state index in [1.807, 2.05) is 42.6 Å². The number of hydrogen-bond donors (Lipinski definition) is 1. The van der Waals surface area contributed by atoms with Crippen LogP contribution in [0.5, 0.6) is 0 Å². The van der Waals surface area contributed by atoms with Crippen molar-refractivity contribution in [3.05, 3.63) is 51.3 Å². The summed E-state index contributed by atoms with van der Waals surface area (Å²) < 4.78 is 0.751. The van der Waals surface area contributed by atoms with E-state index in [4.69, 9.17) is 0 Å². The van der Waals surface area contributed by atoms with Crippen LogP contribution >= 0.6 is 27.3 Å². The molecule has 0 saturated carbocycles. The summed E-state index contributed by atoms with van der Waals surface area (Å²) in [6, 6.07) is 9.42. The van der Waals surface area contributed by atoms with Gasteiger partial charge in [-0.25, -0.2) is 9.78 Å². The van der Waals surface area contributed by atoms with E-state index in [0.717, 1.165) is 15.0 Å². The second kappa shape index (κ2) is 5.00. The highest BCUT2D eigenvalue weighted by Gasteiger charge is 2.20. The first kappa shape index (κ1) is 13.3. The third-order valence-corrected chi connectivity index (χ3v) is 4.71. The number of carboxylic acid groups (broad SMARTS) is 1. The topological polar surface area (TPSA) is 50.2 Å². The van der Waals surface area contributed by atoms with Crippen molar-refractivity contribution in [2.45, 2.75) is 6.92 Å². The van der Waals surface area contributed by atoms with Crippen LogP contribution in [0.2, 0.25) is 0 Å². The van der Waals surface area contributed by atoms with Crippen LogP contribution in [0.3, 0.4) is 0 Å². The normalized spacial score (nSPS) is 10.9. The van der Waals surface area contributed by atoms with Gasteiger partial charge < -0.3 is 5.11 Å². The predicted octanol–water partition coefficient (Wildman–Crippen LogP) is 4.73. The molecule has 0 bridgehead atoms. The molecule has 0 amide bonds. The lowest BCUT2D eigenvalue weighted by molar-refractivity contribution is 0.0698. The van der Waals surface area contributed by atoms with E-state index in [1.165, 1.54) is 0 Å². The van der Waals surface area contributed by atoms with Crippen LogP contribution in [-0.4, -0.2) is 16.1 Å². The molecule has 100 valence electrons. The summed E-state index contributed by atoms with van der Waals surface area (Å²) in [5.41, 5.74) is 2.43. The van der Waals surface area contributed by atoms with Crippen LogP contribution in [0.4, 0.5) is 0 Å². The molecule has 0 aliphatic heterocycles. The Morgan fingerprint density at radius 1 is 1.30 bits per heavy atom. The lowest BCUT2D eigenvalue weighted by atomic mass is 10.0. The van der Waals surface area contributed by atoms with E-state index < -0.39 is 5.97 Å². The third-order valence-electron chi connectivity index (χ3n) is 3.17.